The lowest BCUT2D eigenvalue weighted by molar-refractivity contribution is 0.301. The van der Waals surface area contributed by atoms with Gasteiger partial charge in [-0.3, -0.25) is 0 Å². The first-order chi connectivity index (χ1) is 8.76. The number of hydrogen-bond acceptors (Lipinski definition) is 2. The summed E-state index contributed by atoms with van der Waals surface area (Å²) in [7, 11) is 0. The molecule has 18 heavy (non-hydrogen) atoms. The van der Waals surface area contributed by atoms with Gasteiger partial charge in [0.25, 0.3) is 0 Å². The van der Waals surface area contributed by atoms with Crippen LogP contribution in [0, 0.1) is 0 Å². The van der Waals surface area contributed by atoms with Gasteiger partial charge in [0.05, 0.1) is 6.61 Å². The van der Waals surface area contributed by atoms with E-state index in [1.807, 2.05) is 6.07 Å². The van der Waals surface area contributed by atoms with Gasteiger partial charge in [-0.15, -0.1) is 0 Å². The van der Waals surface area contributed by atoms with Gasteiger partial charge in [-0.25, -0.2) is 0 Å². The SMILES string of the molecule is CCNC(C)CCCCOc1cccc(CC)c1. The molecule has 0 amide bonds. The molecule has 0 aromatic heterocycles. The zero-order valence-electron chi connectivity index (χ0n) is 12.0. The summed E-state index contributed by atoms with van der Waals surface area (Å²) in [5.74, 6) is 1.01. The highest BCUT2D eigenvalue weighted by atomic mass is 16.5. The van der Waals surface area contributed by atoms with Crippen molar-refractivity contribution in [2.24, 2.45) is 0 Å². The molecule has 0 saturated heterocycles. The molecule has 1 aromatic carbocycles. The Labute approximate surface area is 112 Å². The van der Waals surface area contributed by atoms with Crippen LogP contribution in [0.25, 0.3) is 0 Å². The minimum Gasteiger partial charge on any atom is -0.494 e. The average molecular weight is 249 g/mol. The Morgan fingerprint density at radius 1 is 1.22 bits per heavy atom. The predicted molar refractivity (Wildman–Crippen MR) is 78.3 cm³/mol. The Morgan fingerprint density at radius 3 is 2.78 bits per heavy atom. The smallest absolute Gasteiger partial charge is 0.119 e. The molecule has 2 heteroatoms. The molecule has 0 aliphatic rings. The lowest BCUT2D eigenvalue weighted by Gasteiger charge is -2.12. The third-order valence-corrected chi connectivity index (χ3v) is 3.16. The maximum absolute atomic E-state index is 5.77. The number of aryl methyl sites for hydroxylation is 1. The number of hydrogen-bond donors (Lipinski definition) is 1. The fraction of sp³-hybridized carbons (Fsp3) is 0.625. The predicted octanol–water partition coefficient (Wildman–Crippen LogP) is 3.80. The van der Waals surface area contributed by atoms with Crippen LogP contribution in [-0.4, -0.2) is 19.2 Å². The van der Waals surface area contributed by atoms with Crippen molar-refractivity contribution < 1.29 is 4.74 Å². The summed E-state index contributed by atoms with van der Waals surface area (Å²) in [5.41, 5.74) is 1.34. The minimum atomic E-state index is 0.624. The molecule has 1 unspecified atom stereocenters. The van der Waals surface area contributed by atoms with Gasteiger partial charge in [0.1, 0.15) is 5.75 Å². The van der Waals surface area contributed by atoms with E-state index in [2.05, 4.69) is 44.3 Å². The highest BCUT2D eigenvalue weighted by Gasteiger charge is 2.00. The van der Waals surface area contributed by atoms with Gasteiger partial charge >= 0.3 is 0 Å². The van der Waals surface area contributed by atoms with Crippen LogP contribution in [0.4, 0.5) is 0 Å². The van der Waals surface area contributed by atoms with E-state index in [1.54, 1.807) is 0 Å². The first-order valence-electron chi connectivity index (χ1n) is 7.21. The molecule has 2 nitrogen and oxygen atoms in total. The zero-order valence-corrected chi connectivity index (χ0v) is 12.0. The van der Waals surface area contributed by atoms with Crippen LogP contribution in [0.1, 0.15) is 45.6 Å². The summed E-state index contributed by atoms with van der Waals surface area (Å²) in [6, 6.07) is 9.02. The van der Waals surface area contributed by atoms with Crippen molar-refractivity contribution in [3.8, 4) is 5.75 Å². The van der Waals surface area contributed by atoms with Gasteiger partial charge in [-0.05, 0) is 56.8 Å². The normalized spacial score (nSPS) is 12.4. The van der Waals surface area contributed by atoms with Crippen molar-refractivity contribution in [3.63, 3.8) is 0 Å². The Kier molecular flexibility index (Phi) is 7.51. The fourth-order valence-electron chi connectivity index (χ4n) is 2.05. The van der Waals surface area contributed by atoms with Gasteiger partial charge in [0.15, 0.2) is 0 Å². The molecular formula is C16H27NO. The molecule has 102 valence electrons. The van der Waals surface area contributed by atoms with Crippen LogP contribution in [0.2, 0.25) is 0 Å². The molecule has 0 saturated carbocycles. The monoisotopic (exact) mass is 249 g/mol. The molecule has 1 atom stereocenters. The summed E-state index contributed by atoms with van der Waals surface area (Å²) < 4.78 is 5.77. The molecule has 0 spiro atoms. The highest BCUT2D eigenvalue weighted by Crippen LogP contribution is 2.14. The number of benzene rings is 1. The third kappa shape index (κ3) is 6.06. The number of ether oxygens (including phenoxy) is 1. The van der Waals surface area contributed by atoms with E-state index in [-0.39, 0.29) is 0 Å². The second-order valence-electron chi connectivity index (χ2n) is 4.80. The molecule has 0 bridgehead atoms. The highest BCUT2D eigenvalue weighted by molar-refractivity contribution is 5.28. The maximum atomic E-state index is 5.77. The fourth-order valence-corrected chi connectivity index (χ4v) is 2.05. The van der Waals surface area contributed by atoms with Crippen molar-refractivity contribution in [3.05, 3.63) is 29.8 Å². The van der Waals surface area contributed by atoms with Crippen molar-refractivity contribution in [2.45, 2.75) is 52.5 Å². The standard InChI is InChI=1S/C16H27NO/c1-4-15-10-8-11-16(13-15)18-12-7-6-9-14(3)17-5-2/h8,10-11,13-14,17H,4-7,9,12H2,1-3H3. The lowest BCUT2D eigenvalue weighted by Crippen LogP contribution is -2.25. The van der Waals surface area contributed by atoms with E-state index in [4.69, 9.17) is 4.74 Å². The molecule has 0 radical (unpaired) electrons. The van der Waals surface area contributed by atoms with Gasteiger partial charge in [0.2, 0.25) is 0 Å². The van der Waals surface area contributed by atoms with Crippen LogP contribution in [0.5, 0.6) is 5.75 Å². The first-order valence-corrected chi connectivity index (χ1v) is 7.21. The van der Waals surface area contributed by atoms with Crippen LogP contribution >= 0.6 is 0 Å². The summed E-state index contributed by atoms with van der Waals surface area (Å²) in [5, 5.41) is 3.43. The second-order valence-corrected chi connectivity index (χ2v) is 4.80. The minimum absolute atomic E-state index is 0.624. The first kappa shape index (κ1) is 15.0. The molecule has 1 rings (SSSR count). The molecular weight excluding hydrogens is 222 g/mol. The van der Waals surface area contributed by atoms with Gasteiger partial charge in [0, 0.05) is 6.04 Å². The Morgan fingerprint density at radius 2 is 2.06 bits per heavy atom. The Hall–Kier alpha value is -1.02. The summed E-state index contributed by atoms with van der Waals surface area (Å²) >= 11 is 0. The average Bonchev–Trinajstić information content (AvgIpc) is 2.39. The van der Waals surface area contributed by atoms with Crippen molar-refractivity contribution in [1.29, 1.82) is 0 Å². The van der Waals surface area contributed by atoms with Crippen molar-refractivity contribution >= 4 is 0 Å². The topological polar surface area (TPSA) is 21.3 Å². The maximum Gasteiger partial charge on any atom is 0.119 e. The van der Waals surface area contributed by atoms with Crippen LogP contribution in [0.15, 0.2) is 24.3 Å². The van der Waals surface area contributed by atoms with Gasteiger partial charge < -0.3 is 10.1 Å². The largest absolute Gasteiger partial charge is 0.494 e. The lowest BCUT2D eigenvalue weighted by atomic mass is 10.1. The van der Waals surface area contributed by atoms with E-state index in [9.17, 15) is 0 Å². The van der Waals surface area contributed by atoms with Crippen molar-refractivity contribution in [1.82, 2.24) is 5.32 Å². The zero-order chi connectivity index (χ0) is 13.2. The molecule has 0 heterocycles. The van der Waals surface area contributed by atoms with Gasteiger partial charge in [-0.2, -0.15) is 0 Å². The van der Waals surface area contributed by atoms with E-state index in [0.717, 1.165) is 31.7 Å². The summed E-state index contributed by atoms with van der Waals surface area (Å²) in [6.45, 7) is 8.45. The molecule has 1 aromatic rings. The van der Waals surface area contributed by atoms with Crippen molar-refractivity contribution in [2.75, 3.05) is 13.2 Å². The number of nitrogens with one attached hydrogen (secondary N) is 1. The molecule has 0 aliphatic carbocycles. The Balaban J connectivity index is 2.13. The van der Waals surface area contributed by atoms with Crippen LogP contribution in [-0.2, 0) is 6.42 Å². The van der Waals surface area contributed by atoms with Crippen LogP contribution < -0.4 is 10.1 Å². The molecule has 1 N–H and O–H groups in total. The van der Waals surface area contributed by atoms with Crippen LogP contribution in [0.3, 0.4) is 0 Å². The Bertz CT molecular complexity index is 325. The second kappa shape index (κ2) is 8.98. The third-order valence-electron chi connectivity index (χ3n) is 3.16. The summed E-state index contributed by atoms with van der Waals surface area (Å²) in [6.07, 6.45) is 4.65. The van der Waals surface area contributed by atoms with E-state index < -0.39 is 0 Å². The van der Waals surface area contributed by atoms with E-state index in [0.29, 0.717) is 6.04 Å². The summed E-state index contributed by atoms with van der Waals surface area (Å²) in [4.78, 5) is 0. The van der Waals surface area contributed by atoms with E-state index in [1.165, 1.54) is 18.4 Å². The number of rotatable bonds is 9. The van der Waals surface area contributed by atoms with E-state index >= 15 is 0 Å². The molecule has 0 aliphatic heterocycles. The quantitative estimate of drug-likeness (QED) is 0.672. The van der Waals surface area contributed by atoms with Gasteiger partial charge in [-0.1, -0.05) is 26.0 Å². The molecule has 0 fully saturated rings. The number of unbranched alkanes of at least 4 members (excludes halogenated alkanes) is 1.